The van der Waals surface area contributed by atoms with Gasteiger partial charge in [0.1, 0.15) is 5.75 Å². The van der Waals surface area contributed by atoms with E-state index in [2.05, 4.69) is 4.90 Å². The molecule has 6 heteroatoms. The van der Waals surface area contributed by atoms with E-state index < -0.39 is 0 Å². The van der Waals surface area contributed by atoms with Gasteiger partial charge in [-0.15, -0.1) is 0 Å². The van der Waals surface area contributed by atoms with Crippen LogP contribution in [0.2, 0.25) is 0 Å². The lowest BCUT2D eigenvalue weighted by molar-refractivity contribution is -0.144. The van der Waals surface area contributed by atoms with Crippen molar-refractivity contribution in [3.8, 4) is 5.75 Å². The van der Waals surface area contributed by atoms with Gasteiger partial charge in [0.2, 0.25) is 0 Å². The molecule has 0 radical (unpaired) electrons. The lowest BCUT2D eigenvalue weighted by atomic mass is 10.1. The molecule has 0 aliphatic rings. The van der Waals surface area contributed by atoms with Crippen LogP contribution < -0.4 is 4.74 Å². The molecule has 0 fully saturated rings. The zero-order valence-electron chi connectivity index (χ0n) is 16.7. The molecule has 0 bridgehead atoms. The molecule has 0 unspecified atom stereocenters. The van der Waals surface area contributed by atoms with Crippen molar-refractivity contribution in [2.45, 2.75) is 33.6 Å². The Hall–Kier alpha value is -2.08. The van der Waals surface area contributed by atoms with Gasteiger partial charge in [-0.2, -0.15) is 0 Å². The van der Waals surface area contributed by atoms with Gasteiger partial charge in [-0.3, -0.25) is 9.59 Å². The number of benzene rings is 1. The van der Waals surface area contributed by atoms with Gasteiger partial charge in [-0.05, 0) is 65.0 Å². The van der Waals surface area contributed by atoms with Gasteiger partial charge in [-0.25, -0.2) is 0 Å². The lowest BCUT2D eigenvalue weighted by Gasteiger charge is -2.23. The molecule has 1 aromatic carbocycles. The number of hydrogen-bond donors (Lipinski definition) is 0. The minimum Gasteiger partial charge on any atom is -0.483 e. The van der Waals surface area contributed by atoms with Gasteiger partial charge in [0.25, 0.3) is 5.91 Å². The summed E-state index contributed by atoms with van der Waals surface area (Å²) >= 11 is 0. The molecular formula is C20H32N2O4. The van der Waals surface area contributed by atoms with Crippen LogP contribution in [0.25, 0.3) is 0 Å². The first-order valence-electron chi connectivity index (χ1n) is 9.11. The van der Waals surface area contributed by atoms with Crippen LogP contribution in [0.3, 0.4) is 0 Å². The van der Waals surface area contributed by atoms with Crippen LogP contribution >= 0.6 is 0 Å². The standard InChI is InChI=1S/C20H32N2O4/c1-6-25-20(24)10-13-22(12-7-11-21(4)5)19(23)15-26-18-14-16(2)8-9-17(18)3/h8-9,14H,6-7,10-13,15H2,1-5H3. The summed E-state index contributed by atoms with van der Waals surface area (Å²) in [5, 5.41) is 0. The Kier molecular flexibility index (Phi) is 9.73. The fourth-order valence-electron chi connectivity index (χ4n) is 2.49. The predicted octanol–water partition coefficient (Wildman–Crippen LogP) is 2.42. The van der Waals surface area contributed by atoms with Crippen molar-refractivity contribution in [2.24, 2.45) is 0 Å². The van der Waals surface area contributed by atoms with Gasteiger partial charge in [-0.1, -0.05) is 12.1 Å². The molecule has 146 valence electrons. The molecule has 1 aromatic rings. The summed E-state index contributed by atoms with van der Waals surface area (Å²) in [6.45, 7) is 7.85. The zero-order chi connectivity index (χ0) is 19.5. The molecule has 0 heterocycles. The van der Waals surface area contributed by atoms with E-state index in [1.54, 1.807) is 11.8 Å². The second-order valence-corrected chi connectivity index (χ2v) is 6.65. The summed E-state index contributed by atoms with van der Waals surface area (Å²) in [7, 11) is 3.99. The van der Waals surface area contributed by atoms with Crippen molar-refractivity contribution in [1.82, 2.24) is 9.80 Å². The van der Waals surface area contributed by atoms with Gasteiger partial charge < -0.3 is 19.3 Å². The minimum absolute atomic E-state index is 0.0327. The zero-order valence-corrected chi connectivity index (χ0v) is 16.7. The minimum atomic E-state index is -0.284. The molecule has 0 saturated carbocycles. The second kappa shape index (κ2) is 11.5. The van der Waals surface area contributed by atoms with E-state index in [-0.39, 0.29) is 24.9 Å². The molecule has 0 N–H and O–H groups in total. The van der Waals surface area contributed by atoms with Crippen molar-refractivity contribution in [1.29, 1.82) is 0 Å². The summed E-state index contributed by atoms with van der Waals surface area (Å²) in [5.41, 5.74) is 2.08. The second-order valence-electron chi connectivity index (χ2n) is 6.65. The summed E-state index contributed by atoms with van der Waals surface area (Å²) in [4.78, 5) is 28.0. The van der Waals surface area contributed by atoms with Crippen molar-refractivity contribution in [3.05, 3.63) is 29.3 Å². The predicted molar refractivity (Wildman–Crippen MR) is 102 cm³/mol. The lowest BCUT2D eigenvalue weighted by Crippen LogP contribution is -2.38. The maximum atomic E-state index is 12.6. The molecule has 1 amide bonds. The Labute approximate surface area is 157 Å². The topological polar surface area (TPSA) is 59.1 Å². The Bertz CT molecular complexity index is 587. The van der Waals surface area contributed by atoms with E-state index in [0.29, 0.717) is 19.7 Å². The highest BCUT2D eigenvalue weighted by molar-refractivity contribution is 5.78. The van der Waals surface area contributed by atoms with E-state index in [0.717, 1.165) is 29.8 Å². The molecule has 0 spiro atoms. The Morgan fingerprint density at radius 3 is 2.46 bits per heavy atom. The van der Waals surface area contributed by atoms with Gasteiger partial charge >= 0.3 is 5.97 Å². The first-order valence-corrected chi connectivity index (χ1v) is 9.11. The van der Waals surface area contributed by atoms with Crippen molar-refractivity contribution in [3.63, 3.8) is 0 Å². The number of ether oxygens (including phenoxy) is 2. The van der Waals surface area contributed by atoms with Crippen LogP contribution in [-0.4, -0.2) is 68.6 Å². The summed E-state index contributed by atoms with van der Waals surface area (Å²) < 4.78 is 10.7. The van der Waals surface area contributed by atoms with Gasteiger partial charge in [0.15, 0.2) is 6.61 Å². The third kappa shape index (κ3) is 8.34. The quantitative estimate of drug-likeness (QED) is 0.565. The highest BCUT2D eigenvalue weighted by Crippen LogP contribution is 2.19. The highest BCUT2D eigenvalue weighted by atomic mass is 16.5. The Morgan fingerprint density at radius 1 is 1.08 bits per heavy atom. The molecule has 0 atom stereocenters. The molecule has 1 rings (SSSR count). The molecule has 6 nitrogen and oxygen atoms in total. The number of carbonyl (C=O) groups is 2. The maximum Gasteiger partial charge on any atom is 0.307 e. The summed E-state index contributed by atoms with van der Waals surface area (Å²) in [6.07, 6.45) is 1.04. The van der Waals surface area contributed by atoms with E-state index >= 15 is 0 Å². The number of rotatable bonds is 11. The monoisotopic (exact) mass is 364 g/mol. The Balaban J connectivity index is 2.62. The Morgan fingerprint density at radius 2 is 1.81 bits per heavy atom. The van der Waals surface area contributed by atoms with Gasteiger partial charge in [0, 0.05) is 13.1 Å². The van der Waals surface area contributed by atoms with Crippen molar-refractivity contribution >= 4 is 11.9 Å². The molecular weight excluding hydrogens is 332 g/mol. The van der Waals surface area contributed by atoms with Crippen LogP contribution in [0.15, 0.2) is 18.2 Å². The first-order chi connectivity index (χ1) is 12.3. The molecule has 26 heavy (non-hydrogen) atoms. The first kappa shape index (κ1) is 22.0. The third-order valence-electron chi connectivity index (χ3n) is 3.97. The average molecular weight is 364 g/mol. The number of carbonyl (C=O) groups excluding carboxylic acids is 2. The molecule has 0 aromatic heterocycles. The molecule has 0 aliphatic carbocycles. The number of nitrogens with zero attached hydrogens (tertiary/aromatic N) is 2. The smallest absolute Gasteiger partial charge is 0.307 e. The number of amides is 1. The number of esters is 1. The molecule has 0 saturated heterocycles. The van der Waals surface area contributed by atoms with Gasteiger partial charge in [0.05, 0.1) is 13.0 Å². The van der Waals surface area contributed by atoms with Crippen LogP contribution in [0, 0.1) is 13.8 Å². The summed E-state index contributed by atoms with van der Waals surface area (Å²) in [6, 6.07) is 5.92. The van der Waals surface area contributed by atoms with Crippen LogP contribution in [0.4, 0.5) is 0 Å². The number of aryl methyl sites for hydroxylation is 2. The average Bonchev–Trinajstić information content (AvgIpc) is 2.58. The maximum absolute atomic E-state index is 12.6. The van der Waals surface area contributed by atoms with Crippen LogP contribution in [0.1, 0.15) is 30.9 Å². The van der Waals surface area contributed by atoms with Crippen molar-refractivity contribution < 1.29 is 19.1 Å². The van der Waals surface area contributed by atoms with E-state index in [1.165, 1.54) is 0 Å². The number of hydrogen-bond acceptors (Lipinski definition) is 5. The highest BCUT2D eigenvalue weighted by Gasteiger charge is 2.16. The normalized spacial score (nSPS) is 10.7. The van der Waals surface area contributed by atoms with Crippen molar-refractivity contribution in [2.75, 3.05) is 46.9 Å². The SMILES string of the molecule is CCOC(=O)CCN(CCCN(C)C)C(=O)COc1cc(C)ccc1C. The third-order valence-corrected chi connectivity index (χ3v) is 3.97. The van der Waals surface area contributed by atoms with Crippen LogP contribution in [-0.2, 0) is 14.3 Å². The van der Waals surface area contributed by atoms with E-state index in [1.807, 2.05) is 46.1 Å². The fraction of sp³-hybridized carbons (Fsp3) is 0.600. The van der Waals surface area contributed by atoms with E-state index in [9.17, 15) is 9.59 Å². The van der Waals surface area contributed by atoms with E-state index in [4.69, 9.17) is 9.47 Å². The molecule has 0 aliphatic heterocycles. The largest absolute Gasteiger partial charge is 0.483 e. The fourth-order valence-corrected chi connectivity index (χ4v) is 2.49. The summed E-state index contributed by atoms with van der Waals surface area (Å²) in [5.74, 6) is 0.319. The van der Waals surface area contributed by atoms with Crippen LogP contribution in [0.5, 0.6) is 5.75 Å².